The van der Waals surface area contributed by atoms with Crippen molar-refractivity contribution in [2.24, 2.45) is 0 Å². The molecule has 0 aliphatic carbocycles. The summed E-state index contributed by atoms with van der Waals surface area (Å²) in [6, 6.07) is 3.04. The summed E-state index contributed by atoms with van der Waals surface area (Å²) in [4.78, 5) is 21.6. The molecule has 2 aliphatic rings. The molecule has 0 bridgehead atoms. The maximum absolute atomic E-state index is 12.7. The van der Waals surface area contributed by atoms with Crippen LogP contribution in [0.1, 0.15) is 68.0 Å². The lowest BCUT2D eigenvalue weighted by molar-refractivity contribution is 0.00181. The molecule has 2 fully saturated rings. The van der Waals surface area contributed by atoms with E-state index in [0.717, 1.165) is 24.6 Å². The zero-order valence-electron chi connectivity index (χ0n) is 16.6. The lowest BCUT2D eigenvalue weighted by atomic mass is 9.97. The molecule has 2 aliphatic heterocycles. The van der Waals surface area contributed by atoms with Crippen molar-refractivity contribution >= 4 is 5.91 Å². The van der Waals surface area contributed by atoms with Crippen molar-refractivity contribution in [3.63, 3.8) is 0 Å². The van der Waals surface area contributed by atoms with Crippen LogP contribution in [0.5, 0.6) is 0 Å². The average molecular weight is 371 g/mol. The van der Waals surface area contributed by atoms with Gasteiger partial charge in [0.2, 0.25) is 0 Å². The van der Waals surface area contributed by atoms with Crippen LogP contribution in [-0.4, -0.2) is 67.2 Å². The summed E-state index contributed by atoms with van der Waals surface area (Å²) >= 11 is 0. The zero-order valence-corrected chi connectivity index (χ0v) is 16.6. The summed E-state index contributed by atoms with van der Waals surface area (Å²) in [7, 11) is 0. The molecule has 2 aromatic rings. The van der Waals surface area contributed by atoms with E-state index in [-0.39, 0.29) is 5.91 Å². The molecule has 0 radical (unpaired) electrons. The fourth-order valence-electron chi connectivity index (χ4n) is 4.35. The number of aromatic nitrogens is 4. The minimum absolute atomic E-state index is 0.0353. The van der Waals surface area contributed by atoms with Crippen LogP contribution in [0.3, 0.4) is 0 Å². The molecule has 27 heavy (non-hydrogen) atoms. The summed E-state index contributed by atoms with van der Waals surface area (Å²) in [5.41, 5.74) is 1.45. The Hall–Kier alpha value is -2.15. The van der Waals surface area contributed by atoms with E-state index < -0.39 is 0 Å². The topological polar surface area (TPSA) is 70.1 Å². The number of imidazole rings is 1. The van der Waals surface area contributed by atoms with Crippen LogP contribution in [0.15, 0.2) is 18.5 Å². The smallest absolute Gasteiger partial charge is 0.274 e. The molecular weight excluding hydrogens is 340 g/mol. The Labute approximate surface area is 160 Å². The molecule has 146 valence electrons. The van der Waals surface area contributed by atoms with Crippen molar-refractivity contribution in [1.82, 2.24) is 29.5 Å². The predicted octanol–water partition coefficient (Wildman–Crippen LogP) is 2.48. The van der Waals surface area contributed by atoms with E-state index in [1.807, 2.05) is 23.4 Å². The highest BCUT2D eigenvalue weighted by Crippen LogP contribution is 2.25. The number of piperidine rings is 1. The van der Waals surface area contributed by atoms with Gasteiger partial charge in [0.1, 0.15) is 11.5 Å². The van der Waals surface area contributed by atoms with Gasteiger partial charge in [-0.3, -0.25) is 14.8 Å². The highest BCUT2D eigenvalue weighted by Gasteiger charge is 2.38. The predicted molar refractivity (Wildman–Crippen MR) is 104 cm³/mol. The Kier molecular flexibility index (Phi) is 5.04. The van der Waals surface area contributed by atoms with Crippen molar-refractivity contribution in [3.8, 4) is 0 Å². The Morgan fingerprint density at radius 3 is 2.89 bits per heavy atom. The number of nitrogens with one attached hydrogen (secondary N) is 1. The van der Waals surface area contributed by atoms with E-state index in [4.69, 9.17) is 0 Å². The lowest BCUT2D eigenvalue weighted by Crippen LogP contribution is -2.63. The molecule has 1 amide bonds. The lowest BCUT2D eigenvalue weighted by Gasteiger charge is -2.49. The van der Waals surface area contributed by atoms with Crippen LogP contribution in [0.25, 0.3) is 0 Å². The first-order chi connectivity index (χ1) is 13.0. The second kappa shape index (κ2) is 7.46. The molecule has 7 heteroatoms. The molecule has 4 rings (SSSR count). The summed E-state index contributed by atoms with van der Waals surface area (Å²) in [6.45, 7) is 10.0. The van der Waals surface area contributed by atoms with E-state index in [1.54, 1.807) is 0 Å². The molecule has 0 spiro atoms. The van der Waals surface area contributed by atoms with Crippen LogP contribution >= 0.6 is 0 Å². The molecule has 0 unspecified atom stereocenters. The van der Waals surface area contributed by atoms with Crippen molar-refractivity contribution in [3.05, 3.63) is 35.7 Å². The van der Waals surface area contributed by atoms with Crippen LogP contribution in [-0.2, 0) is 6.54 Å². The number of amides is 1. The molecule has 1 atom stereocenters. The average Bonchev–Trinajstić information content (AvgIpc) is 3.25. The summed E-state index contributed by atoms with van der Waals surface area (Å²) in [5, 5.41) is 7.28. The third-order valence-electron chi connectivity index (χ3n) is 5.93. The summed E-state index contributed by atoms with van der Waals surface area (Å²) in [6.07, 6.45) is 7.68. The van der Waals surface area contributed by atoms with Gasteiger partial charge >= 0.3 is 0 Å². The molecule has 7 nitrogen and oxygen atoms in total. The first kappa shape index (κ1) is 18.2. The van der Waals surface area contributed by atoms with E-state index in [1.165, 1.54) is 25.8 Å². The van der Waals surface area contributed by atoms with Gasteiger partial charge in [0.05, 0.1) is 12.2 Å². The van der Waals surface area contributed by atoms with Gasteiger partial charge in [0, 0.05) is 43.5 Å². The second-order valence-electron chi connectivity index (χ2n) is 8.29. The van der Waals surface area contributed by atoms with Gasteiger partial charge in [-0.2, -0.15) is 5.10 Å². The molecule has 2 saturated heterocycles. The zero-order chi connectivity index (χ0) is 19.0. The van der Waals surface area contributed by atoms with Gasteiger partial charge in [0.15, 0.2) is 0 Å². The van der Waals surface area contributed by atoms with E-state index in [9.17, 15) is 4.79 Å². The van der Waals surface area contributed by atoms with E-state index in [2.05, 4.69) is 45.4 Å². The van der Waals surface area contributed by atoms with E-state index >= 15 is 0 Å². The summed E-state index contributed by atoms with van der Waals surface area (Å²) < 4.78 is 2.10. The van der Waals surface area contributed by atoms with Gasteiger partial charge in [-0.05, 0) is 32.4 Å². The second-order valence-corrected chi connectivity index (χ2v) is 8.29. The van der Waals surface area contributed by atoms with Crippen molar-refractivity contribution in [2.45, 2.75) is 64.6 Å². The molecule has 0 saturated carbocycles. The van der Waals surface area contributed by atoms with Crippen molar-refractivity contribution in [2.75, 3.05) is 19.6 Å². The number of hydrogen-bond donors (Lipinski definition) is 1. The minimum Gasteiger partial charge on any atom is -0.334 e. The quantitative estimate of drug-likeness (QED) is 0.878. The number of carbonyl (C=O) groups excluding carboxylic acids is 1. The number of rotatable bonds is 5. The fraction of sp³-hybridized carbons (Fsp3) is 0.650. The maximum Gasteiger partial charge on any atom is 0.274 e. The number of likely N-dealkylation sites (tertiary alicyclic amines) is 2. The van der Waals surface area contributed by atoms with Crippen LogP contribution < -0.4 is 0 Å². The first-order valence-electron chi connectivity index (χ1n) is 10.1. The minimum atomic E-state index is 0.0353. The third kappa shape index (κ3) is 3.65. The number of hydrogen-bond acceptors (Lipinski definition) is 4. The number of H-pyrrole nitrogens is 1. The van der Waals surface area contributed by atoms with Gasteiger partial charge < -0.3 is 9.47 Å². The molecule has 2 aromatic heterocycles. The Morgan fingerprint density at radius 2 is 2.15 bits per heavy atom. The fourth-order valence-corrected chi connectivity index (χ4v) is 4.35. The number of carbonyl (C=O) groups is 1. The molecule has 4 heterocycles. The first-order valence-corrected chi connectivity index (χ1v) is 10.1. The van der Waals surface area contributed by atoms with Crippen LogP contribution in [0, 0.1) is 0 Å². The molecule has 0 aromatic carbocycles. The van der Waals surface area contributed by atoms with Gasteiger partial charge in [0.25, 0.3) is 5.91 Å². The standard InChI is InChI=1S/C20H30N6O/c1-14(2)19-21-7-9-24(19)11-16-10-18(23-22-16)20(27)25-12-17(13-25)26-8-5-4-6-15(26)3/h7,9-10,14-15,17H,4-6,8,11-13H2,1-3H3,(H,22,23)/t15-/m0/s1. The maximum atomic E-state index is 12.7. The third-order valence-corrected chi connectivity index (χ3v) is 5.93. The number of nitrogens with zero attached hydrogens (tertiary/aromatic N) is 5. The summed E-state index contributed by atoms with van der Waals surface area (Å²) in [5.74, 6) is 1.44. The Bertz CT molecular complexity index is 788. The van der Waals surface area contributed by atoms with E-state index in [0.29, 0.717) is 30.2 Å². The highest BCUT2D eigenvalue weighted by molar-refractivity contribution is 5.93. The van der Waals surface area contributed by atoms with Crippen molar-refractivity contribution < 1.29 is 4.79 Å². The Balaban J connectivity index is 1.35. The van der Waals surface area contributed by atoms with Gasteiger partial charge in [-0.15, -0.1) is 0 Å². The van der Waals surface area contributed by atoms with Crippen LogP contribution in [0.2, 0.25) is 0 Å². The normalized spacial score (nSPS) is 21.6. The largest absolute Gasteiger partial charge is 0.334 e. The molecule has 1 N–H and O–H groups in total. The van der Waals surface area contributed by atoms with Gasteiger partial charge in [-0.1, -0.05) is 20.3 Å². The SMILES string of the molecule is CC(C)c1nccn1Cc1cc(C(=O)N2CC(N3CCCC[C@@H]3C)C2)n[nH]1. The highest BCUT2D eigenvalue weighted by atomic mass is 16.2. The van der Waals surface area contributed by atoms with Gasteiger partial charge in [-0.25, -0.2) is 4.98 Å². The molecular formula is C20H30N6O. The Morgan fingerprint density at radius 1 is 1.33 bits per heavy atom. The number of aromatic amines is 1. The van der Waals surface area contributed by atoms with Crippen molar-refractivity contribution in [1.29, 1.82) is 0 Å². The monoisotopic (exact) mass is 370 g/mol. The van der Waals surface area contributed by atoms with Crippen LogP contribution in [0.4, 0.5) is 0 Å².